The third-order valence-electron chi connectivity index (χ3n) is 8.61. The molecule has 1 amide bonds. The molecule has 2 saturated heterocycles. The molecule has 0 aromatic heterocycles. The lowest BCUT2D eigenvalue weighted by Crippen LogP contribution is -2.55. The molecule has 2 fully saturated rings. The lowest BCUT2D eigenvalue weighted by Gasteiger charge is -2.45. The molecule has 4 atom stereocenters. The highest BCUT2D eigenvalue weighted by Crippen LogP contribution is 2.55. The molecule has 37 heavy (non-hydrogen) atoms. The predicted octanol–water partition coefficient (Wildman–Crippen LogP) is 4.81. The molecule has 2 aromatic rings. The highest BCUT2D eigenvalue weighted by Gasteiger charge is 2.61. The lowest BCUT2D eigenvalue weighted by molar-refractivity contribution is -0.137. The van der Waals surface area contributed by atoms with Crippen LogP contribution >= 0.6 is 0 Å². The van der Waals surface area contributed by atoms with Crippen molar-refractivity contribution < 1.29 is 19.1 Å². The summed E-state index contributed by atoms with van der Waals surface area (Å²) < 4.78 is 10.4. The standard InChI is InChI=1S/C31H36N2O4/c1-4-23-20-32-18-16-31(28(32)19-24(23)25(21-36-2)29(34)37-3)26-14-8-9-15-27(26)33(30(31)35)17-10-13-22-11-6-5-7-12-22/h5-15,21,23-24,28H,4,16-20H2,1-3H3/b13-10?,25-21+/t23-,24-,28?,31+/m0/s1. The van der Waals surface area contributed by atoms with Crippen LogP contribution in [0.25, 0.3) is 6.08 Å². The van der Waals surface area contributed by atoms with Crippen molar-refractivity contribution in [2.45, 2.75) is 37.6 Å². The van der Waals surface area contributed by atoms with Gasteiger partial charge in [-0.1, -0.05) is 74.0 Å². The first-order chi connectivity index (χ1) is 18.0. The largest absolute Gasteiger partial charge is 0.504 e. The summed E-state index contributed by atoms with van der Waals surface area (Å²) in [5.41, 5.74) is 3.19. The van der Waals surface area contributed by atoms with Gasteiger partial charge in [0.15, 0.2) is 0 Å². The van der Waals surface area contributed by atoms with E-state index in [2.05, 4.69) is 48.2 Å². The van der Waals surface area contributed by atoms with Gasteiger partial charge >= 0.3 is 5.97 Å². The smallest absolute Gasteiger partial charge is 0.337 e. The molecule has 3 heterocycles. The van der Waals surface area contributed by atoms with E-state index in [1.54, 1.807) is 13.4 Å². The second-order valence-electron chi connectivity index (χ2n) is 10.3. The van der Waals surface area contributed by atoms with E-state index in [1.165, 1.54) is 7.11 Å². The van der Waals surface area contributed by atoms with Crippen molar-refractivity contribution in [2.75, 3.05) is 38.8 Å². The second-order valence-corrected chi connectivity index (χ2v) is 10.3. The second kappa shape index (κ2) is 10.5. The van der Waals surface area contributed by atoms with Crippen molar-refractivity contribution in [3.63, 3.8) is 0 Å². The molecule has 1 spiro atoms. The van der Waals surface area contributed by atoms with Gasteiger partial charge in [0.1, 0.15) is 0 Å². The van der Waals surface area contributed by atoms with Gasteiger partial charge in [-0.3, -0.25) is 9.69 Å². The summed E-state index contributed by atoms with van der Waals surface area (Å²) in [5, 5.41) is 0. The number of benzene rings is 2. The first-order valence-corrected chi connectivity index (χ1v) is 13.2. The maximum absolute atomic E-state index is 14.4. The Kier molecular flexibility index (Phi) is 7.20. The van der Waals surface area contributed by atoms with Crippen LogP contribution in [-0.4, -0.2) is 56.7 Å². The SMILES string of the molecule is CC[C@H]1CN2CC[C@]3(C(=O)N(CC=Cc4ccccc4)c4ccccc43)C2C[C@@H]1/C(=C\OC)C(=O)OC. The predicted molar refractivity (Wildman–Crippen MR) is 145 cm³/mol. The van der Waals surface area contributed by atoms with Gasteiger partial charge in [-0.25, -0.2) is 4.79 Å². The molecule has 0 aliphatic carbocycles. The van der Waals surface area contributed by atoms with Crippen LogP contribution in [0, 0.1) is 11.8 Å². The van der Waals surface area contributed by atoms with Gasteiger partial charge in [0.05, 0.1) is 31.5 Å². The number of rotatable bonds is 7. The minimum Gasteiger partial charge on any atom is -0.504 e. The minimum absolute atomic E-state index is 0.0157. The Morgan fingerprint density at radius 2 is 1.86 bits per heavy atom. The molecule has 1 unspecified atom stereocenters. The number of esters is 1. The molecule has 5 rings (SSSR count). The number of hydrogen-bond donors (Lipinski definition) is 0. The van der Waals surface area contributed by atoms with E-state index in [9.17, 15) is 9.59 Å². The molecule has 0 saturated carbocycles. The van der Waals surface area contributed by atoms with E-state index in [-0.39, 0.29) is 23.8 Å². The summed E-state index contributed by atoms with van der Waals surface area (Å²) in [5.74, 6) is 0.0868. The van der Waals surface area contributed by atoms with Gasteiger partial charge in [-0.15, -0.1) is 0 Å². The summed E-state index contributed by atoms with van der Waals surface area (Å²) in [7, 11) is 2.98. The van der Waals surface area contributed by atoms with Gasteiger partial charge in [0.25, 0.3) is 0 Å². The fourth-order valence-electron chi connectivity index (χ4n) is 6.87. The van der Waals surface area contributed by atoms with Crippen LogP contribution in [-0.2, 0) is 24.5 Å². The van der Waals surface area contributed by atoms with Gasteiger partial charge in [-0.05, 0) is 48.4 Å². The Morgan fingerprint density at radius 1 is 1.11 bits per heavy atom. The molecule has 2 aromatic carbocycles. The highest BCUT2D eigenvalue weighted by molar-refractivity contribution is 6.09. The zero-order valence-corrected chi connectivity index (χ0v) is 21.9. The third kappa shape index (κ3) is 4.27. The van der Waals surface area contributed by atoms with Crippen molar-refractivity contribution in [1.29, 1.82) is 0 Å². The number of amides is 1. The maximum atomic E-state index is 14.4. The minimum atomic E-state index is -0.609. The van der Waals surface area contributed by atoms with Crippen molar-refractivity contribution in [2.24, 2.45) is 11.8 Å². The van der Waals surface area contributed by atoms with E-state index in [0.29, 0.717) is 18.0 Å². The lowest BCUT2D eigenvalue weighted by atomic mass is 9.67. The molecule has 0 N–H and O–H groups in total. The fourth-order valence-corrected chi connectivity index (χ4v) is 6.87. The van der Waals surface area contributed by atoms with Crippen molar-refractivity contribution >= 4 is 23.6 Å². The van der Waals surface area contributed by atoms with Crippen LogP contribution in [0.4, 0.5) is 5.69 Å². The van der Waals surface area contributed by atoms with Gasteiger partial charge in [0.2, 0.25) is 5.91 Å². The Hall–Kier alpha value is -3.38. The summed E-state index contributed by atoms with van der Waals surface area (Å²) in [6.07, 6.45) is 8.14. The number of carbonyl (C=O) groups is 2. The van der Waals surface area contributed by atoms with E-state index in [0.717, 1.165) is 49.2 Å². The van der Waals surface area contributed by atoms with Crippen molar-refractivity contribution in [1.82, 2.24) is 4.90 Å². The topological polar surface area (TPSA) is 59.1 Å². The van der Waals surface area contributed by atoms with Crippen LogP contribution in [0.15, 0.2) is 72.5 Å². The summed E-state index contributed by atoms with van der Waals surface area (Å²) in [6.45, 7) is 4.43. The van der Waals surface area contributed by atoms with Crippen LogP contribution < -0.4 is 4.90 Å². The molecule has 3 aliphatic rings. The first kappa shape index (κ1) is 25.3. The van der Waals surface area contributed by atoms with Crippen LogP contribution in [0.1, 0.15) is 37.3 Å². The molecule has 0 radical (unpaired) electrons. The number of para-hydroxylation sites is 1. The number of ether oxygens (including phenoxy) is 2. The van der Waals surface area contributed by atoms with Gasteiger partial charge < -0.3 is 14.4 Å². The quantitative estimate of drug-likeness (QED) is 0.310. The number of piperidine rings is 1. The molecule has 194 valence electrons. The van der Waals surface area contributed by atoms with Crippen LogP contribution in [0.3, 0.4) is 0 Å². The Balaban J connectivity index is 1.49. The Labute approximate surface area is 219 Å². The van der Waals surface area contributed by atoms with Crippen molar-refractivity contribution in [3.05, 3.63) is 83.6 Å². The monoisotopic (exact) mass is 500 g/mol. The summed E-state index contributed by atoms with van der Waals surface area (Å²) >= 11 is 0. The number of methoxy groups -OCH3 is 2. The van der Waals surface area contributed by atoms with E-state index >= 15 is 0 Å². The van der Waals surface area contributed by atoms with Crippen molar-refractivity contribution in [3.8, 4) is 0 Å². The number of anilines is 1. The summed E-state index contributed by atoms with van der Waals surface area (Å²) in [6, 6.07) is 18.4. The van der Waals surface area contributed by atoms with E-state index in [1.807, 2.05) is 35.2 Å². The zero-order chi connectivity index (χ0) is 26.0. The Bertz CT molecular complexity index is 1210. The normalized spacial score (nSPS) is 27.5. The molecule has 0 bridgehead atoms. The number of hydrogen-bond acceptors (Lipinski definition) is 5. The average molecular weight is 501 g/mol. The average Bonchev–Trinajstić information content (AvgIpc) is 3.43. The third-order valence-corrected chi connectivity index (χ3v) is 8.61. The molecular formula is C31H36N2O4. The first-order valence-electron chi connectivity index (χ1n) is 13.2. The van der Waals surface area contributed by atoms with E-state index < -0.39 is 5.41 Å². The fraction of sp³-hybridized carbons (Fsp3) is 0.419. The highest BCUT2D eigenvalue weighted by atomic mass is 16.5. The van der Waals surface area contributed by atoms with E-state index in [4.69, 9.17) is 9.47 Å². The molecule has 6 heteroatoms. The Morgan fingerprint density at radius 3 is 2.59 bits per heavy atom. The molecule has 6 nitrogen and oxygen atoms in total. The van der Waals surface area contributed by atoms with Crippen LogP contribution in [0.5, 0.6) is 0 Å². The number of carbonyl (C=O) groups excluding carboxylic acids is 2. The maximum Gasteiger partial charge on any atom is 0.337 e. The zero-order valence-electron chi connectivity index (χ0n) is 21.9. The summed E-state index contributed by atoms with van der Waals surface area (Å²) in [4.78, 5) is 31.6. The van der Waals surface area contributed by atoms with Crippen LogP contribution in [0.2, 0.25) is 0 Å². The number of fused-ring (bicyclic) bond motifs is 4. The molecular weight excluding hydrogens is 464 g/mol. The molecule has 3 aliphatic heterocycles. The number of nitrogens with zero attached hydrogens (tertiary/aromatic N) is 2. The van der Waals surface area contributed by atoms with Gasteiger partial charge in [0, 0.05) is 24.8 Å². The van der Waals surface area contributed by atoms with Gasteiger partial charge in [-0.2, -0.15) is 0 Å².